The van der Waals surface area contributed by atoms with E-state index in [2.05, 4.69) is 4.98 Å². The molecular weight excluding hydrogens is 393 g/mol. The molecule has 25 heavy (non-hydrogen) atoms. The Kier molecular flexibility index (Phi) is 4.80. The van der Waals surface area contributed by atoms with Crippen molar-refractivity contribution in [3.63, 3.8) is 0 Å². The lowest BCUT2D eigenvalue weighted by molar-refractivity contribution is -0.384. The van der Waals surface area contributed by atoms with Crippen LogP contribution in [0.1, 0.15) is 16.1 Å². The van der Waals surface area contributed by atoms with E-state index in [0.717, 1.165) is 6.07 Å². The second kappa shape index (κ2) is 6.87. The van der Waals surface area contributed by atoms with Crippen molar-refractivity contribution in [3.05, 3.63) is 73.1 Å². The molecule has 0 fully saturated rings. The van der Waals surface area contributed by atoms with Crippen molar-refractivity contribution in [1.82, 2.24) is 9.38 Å². The number of carbonyl (C=O) groups excluding carboxylic acids is 1. The summed E-state index contributed by atoms with van der Waals surface area (Å²) in [5.41, 5.74) is 0.562. The second-order valence-electron chi connectivity index (χ2n) is 4.97. The van der Waals surface area contributed by atoms with Crippen LogP contribution in [0.25, 0.3) is 5.65 Å². The van der Waals surface area contributed by atoms with Crippen molar-refractivity contribution in [3.8, 4) is 0 Å². The Labute approximate surface area is 155 Å². The average molecular weight is 401 g/mol. The summed E-state index contributed by atoms with van der Waals surface area (Å²) in [6, 6.07) is 5.22. The first kappa shape index (κ1) is 17.5. The van der Waals surface area contributed by atoms with Crippen LogP contribution in [0.2, 0.25) is 15.1 Å². The molecule has 0 saturated heterocycles. The summed E-state index contributed by atoms with van der Waals surface area (Å²) in [5, 5.41) is 11.6. The number of benzene rings is 1. The van der Waals surface area contributed by atoms with Crippen molar-refractivity contribution in [2.75, 3.05) is 0 Å². The molecule has 0 spiro atoms. The number of pyridine rings is 1. The Balaban J connectivity index is 1.77. The van der Waals surface area contributed by atoms with Crippen molar-refractivity contribution in [1.29, 1.82) is 0 Å². The van der Waals surface area contributed by atoms with Crippen LogP contribution in [-0.4, -0.2) is 20.3 Å². The number of ether oxygens (including phenoxy) is 1. The van der Waals surface area contributed by atoms with Crippen LogP contribution in [0.3, 0.4) is 0 Å². The van der Waals surface area contributed by atoms with Crippen LogP contribution >= 0.6 is 34.8 Å². The van der Waals surface area contributed by atoms with Crippen LogP contribution < -0.4 is 0 Å². The van der Waals surface area contributed by atoms with Crippen LogP contribution in [0.15, 0.2) is 36.7 Å². The van der Waals surface area contributed by atoms with Crippen LogP contribution in [0.4, 0.5) is 5.69 Å². The lowest BCUT2D eigenvalue weighted by Gasteiger charge is -2.03. The first-order valence-electron chi connectivity index (χ1n) is 6.79. The molecule has 0 radical (unpaired) electrons. The van der Waals surface area contributed by atoms with Gasteiger partial charge in [0.15, 0.2) is 5.65 Å². The van der Waals surface area contributed by atoms with Gasteiger partial charge >= 0.3 is 5.97 Å². The SMILES string of the molecule is O=C(OCc1cn2cc(Cl)cc(Cl)c2n1)c1ccc(Cl)c([N+](=O)[O-])c1. The predicted molar refractivity (Wildman–Crippen MR) is 92.4 cm³/mol. The van der Waals surface area contributed by atoms with Gasteiger partial charge in [-0.25, -0.2) is 9.78 Å². The van der Waals surface area contributed by atoms with Gasteiger partial charge in [-0.05, 0) is 18.2 Å². The zero-order valence-corrected chi connectivity index (χ0v) is 14.5. The van der Waals surface area contributed by atoms with Gasteiger partial charge in [0.05, 0.1) is 26.2 Å². The summed E-state index contributed by atoms with van der Waals surface area (Å²) in [5.74, 6) is -0.735. The summed E-state index contributed by atoms with van der Waals surface area (Å²) in [4.78, 5) is 26.5. The molecule has 0 unspecified atom stereocenters. The molecule has 2 heterocycles. The van der Waals surface area contributed by atoms with Gasteiger partial charge < -0.3 is 9.14 Å². The van der Waals surface area contributed by atoms with Gasteiger partial charge in [0, 0.05) is 18.5 Å². The summed E-state index contributed by atoms with van der Waals surface area (Å²) >= 11 is 17.7. The number of imidazole rings is 1. The minimum Gasteiger partial charge on any atom is -0.456 e. The fourth-order valence-electron chi connectivity index (χ4n) is 2.15. The van der Waals surface area contributed by atoms with Gasteiger partial charge in [0.2, 0.25) is 0 Å². The quantitative estimate of drug-likeness (QED) is 0.364. The molecule has 0 N–H and O–H groups in total. The molecule has 1 aromatic carbocycles. The smallest absolute Gasteiger partial charge is 0.338 e. The van der Waals surface area contributed by atoms with Gasteiger partial charge in [-0.1, -0.05) is 34.8 Å². The molecule has 3 aromatic rings. The number of nitro groups is 1. The molecule has 0 atom stereocenters. The zero-order chi connectivity index (χ0) is 18.1. The van der Waals surface area contributed by atoms with E-state index in [4.69, 9.17) is 39.5 Å². The standard InChI is InChI=1S/C15H8Cl3N3O4/c16-9-4-12(18)14-19-10(6-20(14)5-9)7-25-15(22)8-1-2-11(17)13(3-8)21(23)24/h1-6H,7H2. The number of halogens is 3. The highest BCUT2D eigenvalue weighted by Crippen LogP contribution is 2.26. The van der Waals surface area contributed by atoms with Crippen molar-refractivity contribution >= 4 is 52.1 Å². The normalized spacial score (nSPS) is 10.8. The molecule has 2 aromatic heterocycles. The van der Waals surface area contributed by atoms with Gasteiger partial charge in [-0.15, -0.1) is 0 Å². The molecule has 0 amide bonds. The minimum absolute atomic E-state index is 0.0148. The molecule has 0 aliphatic carbocycles. The Hall–Kier alpha value is -2.35. The van der Waals surface area contributed by atoms with E-state index >= 15 is 0 Å². The maximum atomic E-state index is 12.1. The second-order valence-corrected chi connectivity index (χ2v) is 6.22. The third-order valence-corrected chi connectivity index (χ3v) is 4.06. The van der Waals surface area contributed by atoms with E-state index in [1.807, 2.05) is 0 Å². The number of carbonyl (C=O) groups is 1. The van der Waals surface area contributed by atoms with Crippen LogP contribution in [0.5, 0.6) is 0 Å². The number of hydrogen-bond donors (Lipinski definition) is 0. The summed E-state index contributed by atoms with van der Waals surface area (Å²) in [6.45, 7) is -0.134. The summed E-state index contributed by atoms with van der Waals surface area (Å²) < 4.78 is 6.74. The number of nitro benzene ring substituents is 1. The van der Waals surface area contributed by atoms with E-state index < -0.39 is 10.9 Å². The molecule has 0 aliphatic rings. The van der Waals surface area contributed by atoms with E-state index in [-0.39, 0.29) is 22.9 Å². The molecule has 10 heteroatoms. The van der Waals surface area contributed by atoms with Crippen LogP contribution in [0, 0.1) is 10.1 Å². The highest BCUT2D eigenvalue weighted by atomic mass is 35.5. The lowest BCUT2D eigenvalue weighted by Crippen LogP contribution is -2.06. The van der Waals surface area contributed by atoms with E-state index in [1.165, 1.54) is 12.1 Å². The number of hydrogen-bond acceptors (Lipinski definition) is 5. The Bertz CT molecular complexity index is 1000. The Morgan fingerprint density at radius 3 is 2.68 bits per heavy atom. The predicted octanol–water partition coefficient (Wildman–Crippen LogP) is 4.56. The van der Waals surface area contributed by atoms with Crippen LogP contribution in [-0.2, 0) is 11.3 Å². The highest BCUT2D eigenvalue weighted by molar-refractivity contribution is 6.36. The monoisotopic (exact) mass is 399 g/mol. The van der Waals surface area contributed by atoms with E-state index in [1.54, 1.807) is 22.9 Å². The third kappa shape index (κ3) is 3.68. The number of nitrogens with zero attached hydrogens (tertiary/aromatic N) is 3. The molecular formula is C15H8Cl3N3O4. The Morgan fingerprint density at radius 1 is 1.20 bits per heavy atom. The molecule has 3 rings (SSSR count). The minimum atomic E-state index is -0.735. The number of fused-ring (bicyclic) bond motifs is 1. The fourth-order valence-corrected chi connectivity index (χ4v) is 2.86. The molecule has 0 bridgehead atoms. The first-order valence-corrected chi connectivity index (χ1v) is 7.92. The highest BCUT2D eigenvalue weighted by Gasteiger charge is 2.17. The van der Waals surface area contributed by atoms with Gasteiger partial charge in [0.25, 0.3) is 5.69 Å². The maximum Gasteiger partial charge on any atom is 0.338 e. The molecule has 7 nitrogen and oxygen atoms in total. The van der Waals surface area contributed by atoms with E-state index in [0.29, 0.717) is 21.4 Å². The van der Waals surface area contributed by atoms with Crippen molar-refractivity contribution in [2.45, 2.75) is 6.61 Å². The third-order valence-electron chi connectivity index (χ3n) is 3.25. The first-order chi connectivity index (χ1) is 11.8. The summed E-state index contributed by atoms with van der Waals surface area (Å²) in [6.07, 6.45) is 3.23. The fraction of sp³-hybridized carbons (Fsp3) is 0.0667. The van der Waals surface area contributed by atoms with Gasteiger partial charge in [0.1, 0.15) is 11.6 Å². The molecule has 0 saturated carbocycles. The topological polar surface area (TPSA) is 86.7 Å². The number of esters is 1. The van der Waals surface area contributed by atoms with Crippen molar-refractivity contribution in [2.24, 2.45) is 0 Å². The molecule has 0 aliphatic heterocycles. The maximum absolute atomic E-state index is 12.1. The Morgan fingerprint density at radius 2 is 1.96 bits per heavy atom. The van der Waals surface area contributed by atoms with E-state index in [9.17, 15) is 14.9 Å². The van der Waals surface area contributed by atoms with Gasteiger partial charge in [-0.2, -0.15) is 0 Å². The zero-order valence-electron chi connectivity index (χ0n) is 12.3. The van der Waals surface area contributed by atoms with Gasteiger partial charge in [-0.3, -0.25) is 10.1 Å². The number of rotatable bonds is 4. The largest absolute Gasteiger partial charge is 0.456 e. The summed E-state index contributed by atoms with van der Waals surface area (Å²) in [7, 11) is 0. The van der Waals surface area contributed by atoms with Crippen molar-refractivity contribution < 1.29 is 14.5 Å². The lowest BCUT2D eigenvalue weighted by atomic mass is 10.2. The average Bonchev–Trinajstić information content (AvgIpc) is 2.96. The number of aromatic nitrogens is 2. The molecule has 128 valence electrons.